The van der Waals surface area contributed by atoms with E-state index in [0.29, 0.717) is 6.54 Å². The molecule has 0 spiro atoms. The fourth-order valence-electron chi connectivity index (χ4n) is 0.338. The Kier molecular flexibility index (Phi) is 3.24. The Labute approximate surface area is 50.3 Å². The second kappa shape index (κ2) is 3.47. The summed E-state index contributed by atoms with van der Waals surface area (Å²) in [5.74, 6) is 0.0717. The number of carbonyl (C=O) groups is 1. The molecule has 0 aliphatic carbocycles. The maximum Gasteiger partial charge on any atom is 0.243 e. The molecule has 0 fully saturated rings. The zero-order chi connectivity index (χ0) is 6.57. The van der Waals surface area contributed by atoms with Crippen LogP contribution in [0.3, 0.4) is 0 Å². The predicted molar refractivity (Wildman–Crippen MR) is 32.5 cm³/mol. The number of hydrogen-bond donors (Lipinski definition) is 0. The molecular weight excluding hydrogens is 102 g/mol. The molecule has 1 radical (unpaired) electrons. The third kappa shape index (κ3) is 2.61. The molecule has 0 atom stereocenters. The van der Waals surface area contributed by atoms with Crippen LogP contribution in [0.2, 0.25) is 0 Å². The molecule has 0 unspecified atom stereocenters. The molecule has 0 aromatic heterocycles. The summed E-state index contributed by atoms with van der Waals surface area (Å²) in [5.41, 5.74) is 0. The summed E-state index contributed by atoms with van der Waals surface area (Å²) in [7, 11) is 0. The molecule has 0 bridgehead atoms. The zero-order valence-electron chi connectivity index (χ0n) is 5.64. The summed E-state index contributed by atoms with van der Waals surface area (Å²) < 4.78 is 0. The van der Waals surface area contributed by atoms with Gasteiger partial charge in [0.1, 0.15) is 0 Å². The van der Waals surface area contributed by atoms with Crippen LogP contribution in [0.5, 0.6) is 0 Å². The van der Waals surface area contributed by atoms with Crippen LogP contribution in [0.1, 0.15) is 20.8 Å². The standard InChI is InChI=1S/C6H12NO/c1-4-7-6(8)5(2)3/h5H,4H2,1-3H3. The van der Waals surface area contributed by atoms with Crippen molar-refractivity contribution in [1.29, 1.82) is 0 Å². The molecule has 1 amide bonds. The van der Waals surface area contributed by atoms with E-state index in [2.05, 4.69) is 5.32 Å². The van der Waals surface area contributed by atoms with Gasteiger partial charge >= 0.3 is 0 Å². The molecule has 0 N–H and O–H groups in total. The molecule has 0 saturated heterocycles. The van der Waals surface area contributed by atoms with E-state index in [-0.39, 0.29) is 11.8 Å². The van der Waals surface area contributed by atoms with E-state index in [1.54, 1.807) is 0 Å². The second-order valence-electron chi connectivity index (χ2n) is 1.97. The van der Waals surface area contributed by atoms with Crippen LogP contribution in [-0.4, -0.2) is 12.5 Å². The van der Waals surface area contributed by atoms with Crippen LogP contribution >= 0.6 is 0 Å². The van der Waals surface area contributed by atoms with Gasteiger partial charge in [-0.2, -0.15) is 0 Å². The van der Waals surface area contributed by atoms with Crippen LogP contribution in [0.15, 0.2) is 0 Å². The molecule has 8 heavy (non-hydrogen) atoms. The first-order valence-corrected chi connectivity index (χ1v) is 2.89. The van der Waals surface area contributed by atoms with Crippen LogP contribution < -0.4 is 5.32 Å². The Bertz CT molecular complexity index is 78.6. The van der Waals surface area contributed by atoms with Crippen molar-refractivity contribution < 1.29 is 4.79 Å². The Balaban J connectivity index is 3.33. The summed E-state index contributed by atoms with van der Waals surface area (Å²) in [6, 6.07) is 0. The van der Waals surface area contributed by atoms with Gasteiger partial charge in [0, 0.05) is 12.5 Å². The summed E-state index contributed by atoms with van der Waals surface area (Å²) in [4.78, 5) is 10.6. The number of hydrogen-bond acceptors (Lipinski definition) is 1. The van der Waals surface area contributed by atoms with E-state index in [0.717, 1.165) is 0 Å². The Hall–Kier alpha value is -0.530. The summed E-state index contributed by atoms with van der Waals surface area (Å²) >= 11 is 0. The number of nitrogens with zero attached hydrogens (tertiary/aromatic N) is 1. The fraction of sp³-hybridized carbons (Fsp3) is 0.833. The molecule has 2 heteroatoms. The molecule has 0 aliphatic heterocycles. The maximum atomic E-state index is 10.6. The van der Waals surface area contributed by atoms with Crippen molar-refractivity contribution in [2.45, 2.75) is 20.8 Å². The number of carbonyl (C=O) groups excluding carboxylic acids is 1. The highest BCUT2D eigenvalue weighted by Gasteiger charge is 2.04. The van der Waals surface area contributed by atoms with E-state index in [4.69, 9.17) is 0 Å². The SMILES string of the molecule is CC[N]C(=O)C(C)C. The Morgan fingerprint density at radius 2 is 2.12 bits per heavy atom. The first-order valence-electron chi connectivity index (χ1n) is 2.89. The lowest BCUT2D eigenvalue weighted by Crippen LogP contribution is -2.20. The summed E-state index contributed by atoms with van der Waals surface area (Å²) in [6.45, 7) is 6.17. The minimum atomic E-state index is 0.00694. The highest BCUT2D eigenvalue weighted by Crippen LogP contribution is 1.89. The molecule has 0 aliphatic rings. The lowest BCUT2D eigenvalue weighted by Gasteiger charge is -1.99. The van der Waals surface area contributed by atoms with Gasteiger partial charge in [-0.3, -0.25) is 10.1 Å². The fourth-order valence-corrected chi connectivity index (χ4v) is 0.338. The monoisotopic (exact) mass is 114 g/mol. The highest BCUT2D eigenvalue weighted by molar-refractivity contribution is 5.77. The van der Waals surface area contributed by atoms with Gasteiger partial charge in [-0.15, -0.1) is 0 Å². The third-order valence-corrected chi connectivity index (χ3v) is 0.808. The van der Waals surface area contributed by atoms with Crippen molar-refractivity contribution in [3.8, 4) is 0 Å². The maximum absolute atomic E-state index is 10.6. The summed E-state index contributed by atoms with van der Waals surface area (Å²) in [6.07, 6.45) is 0. The van der Waals surface area contributed by atoms with Crippen molar-refractivity contribution >= 4 is 5.91 Å². The van der Waals surface area contributed by atoms with Gasteiger partial charge in [0.25, 0.3) is 0 Å². The van der Waals surface area contributed by atoms with E-state index >= 15 is 0 Å². The van der Waals surface area contributed by atoms with Gasteiger partial charge in [0.15, 0.2) is 0 Å². The van der Waals surface area contributed by atoms with Gasteiger partial charge in [-0.1, -0.05) is 13.8 Å². The normalized spacial score (nSPS) is 9.50. The molecular formula is C6H12NO. The quantitative estimate of drug-likeness (QED) is 0.522. The van der Waals surface area contributed by atoms with Crippen molar-refractivity contribution in [2.75, 3.05) is 6.54 Å². The van der Waals surface area contributed by atoms with Gasteiger partial charge in [0.05, 0.1) is 0 Å². The minimum Gasteiger partial charge on any atom is -0.273 e. The molecule has 0 saturated carbocycles. The first-order chi connectivity index (χ1) is 3.68. The largest absolute Gasteiger partial charge is 0.273 e. The molecule has 0 aromatic rings. The van der Waals surface area contributed by atoms with E-state index in [1.807, 2.05) is 20.8 Å². The molecule has 2 nitrogen and oxygen atoms in total. The van der Waals surface area contributed by atoms with Crippen molar-refractivity contribution in [2.24, 2.45) is 5.92 Å². The Morgan fingerprint density at radius 1 is 1.62 bits per heavy atom. The van der Waals surface area contributed by atoms with E-state index in [9.17, 15) is 4.79 Å². The minimum absolute atomic E-state index is 0.00694. The van der Waals surface area contributed by atoms with Crippen LogP contribution in [0.4, 0.5) is 0 Å². The summed E-state index contributed by atoms with van der Waals surface area (Å²) in [5, 5.41) is 3.69. The highest BCUT2D eigenvalue weighted by atomic mass is 16.1. The van der Waals surface area contributed by atoms with E-state index in [1.165, 1.54) is 0 Å². The van der Waals surface area contributed by atoms with Crippen molar-refractivity contribution in [3.63, 3.8) is 0 Å². The van der Waals surface area contributed by atoms with Crippen molar-refractivity contribution in [3.05, 3.63) is 0 Å². The average molecular weight is 114 g/mol. The van der Waals surface area contributed by atoms with Crippen LogP contribution in [-0.2, 0) is 4.79 Å². The lowest BCUT2D eigenvalue weighted by atomic mass is 10.2. The van der Waals surface area contributed by atoms with Gasteiger partial charge in [-0.05, 0) is 6.92 Å². The lowest BCUT2D eigenvalue weighted by molar-refractivity contribution is -0.124. The average Bonchev–Trinajstić information content (AvgIpc) is 1.67. The topological polar surface area (TPSA) is 31.2 Å². The van der Waals surface area contributed by atoms with Crippen LogP contribution in [0, 0.1) is 5.92 Å². The first kappa shape index (κ1) is 7.47. The third-order valence-electron chi connectivity index (χ3n) is 0.808. The number of rotatable bonds is 2. The van der Waals surface area contributed by atoms with Gasteiger partial charge in [0.2, 0.25) is 5.91 Å². The van der Waals surface area contributed by atoms with Gasteiger partial charge in [-0.25, -0.2) is 0 Å². The smallest absolute Gasteiger partial charge is 0.243 e. The molecule has 0 rings (SSSR count). The predicted octanol–water partition coefficient (Wildman–Crippen LogP) is 0.793. The zero-order valence-corrected chi connectivity index (χ0v) is 5.64. The molecule has 0 aromatic carbocycles. The Morgan fingerprint density at radius 3 is 2.25 bits per heavy atom. The molecule has 0 heterocycles. The van der Waals surface area contributed by atoms with E-state index < -0.39 is 0 Å². The van der Waals surface area contributed by atoms with Crippen LogP contribution in [0.25, 0.3) is 0 Å². The second-order valence-corrected chi connectivity index (χ2v) is 1.97. The van der Waals surface area contributed by atoms with Crippen molar-refractivity contribution in [1.82, 2.24) is 5.32 Å². The number of amides is 1. The van der Waals surface area contributed by atoms with Gasteiger partial charge < -0.3 is 0 Å². The molecule has 47 valence electrons.